The summed E-state index contributed by atoms with van der Waals surface area (Å²) in [5.74, 6) is 0. The summed E-state index contributed by atoms with van der Waals surface area (Å²) >= 11 is 0. The summed E-state index contributed by atoms with van der Waals surface area (Å²) in [5, 5.41) is 8.85. The maximum absolute atomic E-state index is 8.85. The predicted octanol–water partition coefficient (Wildman–Crippen LogP) is 3.18. The summed E-state index contributed by atoms with van der Waals surface area (Å²) in [6.07, 6.45) is 0. The van der Waals surface area contributed by atoms with Crippen LogP contribution in [0.5, 0.6) is 0 Å². The van der Waals surface area contributed by atoms with Crippen LogP contribution in [0.25, 0.3) is 0 Å². The van der Waals surface area contributed by atoms with Gasteiger partial charge in [0.25, 0.3) is 0 Å². The van der Waals surface area contributed by atoms with Gasteiger partial charge in [0.2, 0.25) is 0 Å². The second kappa shape index (κ2) is 4.84. The van der Waals surface area contributed by atoms with E-state index in [1.54, 1.807) is 0 Å². The molecule has 0 aliphatic carbocycles. The van der Waals surface area contributed by atoms with Crippen molar-refractivity contribution in [2.75, 3.05) is 4.90 Å². The van der Waals surface area contributed by atoms with E-state index in [1.165, 1.54) is 0 Å². The second-order valence-electron chi connectivity index (χ2n) is 4.26. The van der Waals surface area contributed by atoms with Crippen molar-refractivity contribution < 1.29 is 0 Å². The average Bonchev–Trinajstić information content (AvgIpc) is 2.17. The number of benzene rings is 1. The van der Waals surface area contributed by atoms with Crippen LogP contribution < -0.4 is 4.90 Å². The molecule has 1 aromatic rings. The van der Waals surface area contributed by atoms with E-state index in [0.717, 1.165) is 11.3 Å². The molecular weight excluding hydrogens is 184 g/mol. The molecular formula is C13H18N2. The Labute approximate surface area is 92.1 Å². The molecule has 0 amide bonds. The Morgan fingerprint density at radius 1 is 1.13 bits per heavy atom. The molecule has 0 bridgehead atoms. The van der Waals surface area contributed by atoms with E-state index in [9.17, 15) is 0 Å². The predicted molar refractivity (Wildman–Crippen MR) is 63.9 cm³/mol. The van der Waals surface area contributed by atoms with Crippen LogP contribution in [-0.2, 0) is 0 Å². The first-order valence-electron chi connectivity index (χ1n) is 5.34. The van der Waals surface area contributed by atoms with Gasteiger partial charge in [-0.05, 0) is 45.9 Å². The van der Waals surface area contributed by atoms with E-state index in [0.29, 0.717) is 12.1 Å². The minimum Gasteiger partial charge on any atom is -0.367 e. The van der Waals surface area contributed by atoms with Crippen molar-refractivity contribution in [2.24, 2.45) is 0 Å². The molecule has 0 aliphatic heterocycles. The van der Waals surface area contributed by atoms with Gasteiger partial charge in [0.15, 0.2) is 0 Å². The molecule has 2 heteroatoms. The molecule has 0 heterocycles. The summed E-state index contributed by atoms with van der Waals surface area (Å²) in [4.78, 5) is 2.31. The fourth-order valence-corrected chi connectivity index (χ4v) is 1.93. The van der Waals surface area contributed by atoms with Gasteiger partial charge in [-0.25, -0.2) is 0 Å². The van der Waals surface area contributed by atoms with Crippen LogP contribution in [0, 0.1) is 11.3 Å². The van der Waals surface area contributed by atoms with Crippen molar-refractivity contribution >= 4 is 5.69 Å². The number of anilines is 1. The Morgan fingerprint density at radius 2 is 1.73 bits per heavy atom. The molecule has 1 aromatic carbocycles. The Hall–Kier alpha value is -1.49. The number of nitrogens with zero attached hydrogens (tertiary/aromatic N) is 2. The molecule has 0 saturated heterocycles. The molecule has 1 rings (SSSR count). The van der Waals surface area contributed by atoms with E-state index in [4.69, 9.17) is 5.26 Å². The van der Waals surface area contributed by atoms with E-state index < -0.39 is 0 Å². The zero-order valence-corrected chi connectivity index (χ0v) is 9.86. The normalized spacial score (nSPS) is 10.5. The lowest BCUT2D eigenvalue weighted by molar-refractivity contribution is 0.608. The highest BCUT2D eigenvalue weighted by Crippen LogP contribution is 2.20. The number of rotatable bonds is 3. The van der Waals surface area contributed by atoms with Gasteiger partial charge in [-0.15, -0.1) is 0 Å². The third kappa shape index (κ3) is 2.73. The second-order valence-corrected chi connectivity index (χ2v) is 4.26. The maximum atomic E-state index is 8.85. The Balaban J connectivity index is 3.07. The molecule has 0 spiro atoms. The van der Waals surface area contributed by atoms with Crippen LogP contribution >= 0.6 is 0 Å². The smallest absolute Gasteiger partial charge is 0.0992 e. The van der Waals surface area contributed by atoms with Crippen LogP contribution in [-0.4, -0.2) is 12.1 Å². The zero-order valence-electron chi connectivity index (χ0n) is 9.86. The van der Waals surface area contributed by atoms with E-state index >= 15 is 0 Å². The molecule has 80 valence electrons. The molecule has 2 nitrogen and oxygen atoms in total. The number of nitriles is 1. The van der Waals surface area contributed by atoms with Crippen LogP contribution in [0.2, 0.25) is 0 Å². The highest BCUT2D eigenvalue weighted by molar-refractivity contribution is 5.52. The quantitative estimate of drug-likeness (QED) is 0.752. The van der Waals surface area contributed by atoms with Gasteiger partial charge < -0.3 is 4.90 Å². The van der Waals surface area contributed by atoms with Crippen molar-refractivity contribution in [3.63, 3.8) is 0 Å². The number of hydrogen-bond acceptors (Lipinski definition) is 2. The zero-order chi connectivity index (χ0) is 11.4. The summed E-state index contributed by atoms with van der Waals surface area (Å²) < 4.78 is 0. The van der Waals surface area contributed by atoms with Crippen molar-refractivity contribution in [3.8, 4) is 6.07 Å². The number of hydrogen-bond donors (Lipinski definition) is 0. The molecule has 15 heavy (non-hydrogen) atoms. The summed E-state index contributed by atoms with van der Waals surface area (Å²) in [7, 11) is 0. The monoisotopic (exact) mass is 202 g/mol. The van der Waals surface area contributed by atoms with Gasteiger partial charge in [0.05, 0.1) is 11.6 Å². The van der Waals surface area contributed by atoms with Crippen LogP contribution in [0.15, 0.2) is 24.3 Å². The van der Waals surface area contributed by atoms with Gasteiger partial charge in [-0.2, -0.15) is 5.26 Å². The van der Waals surface area contributed by atoms with Gasteiger partial charge >= 0.3 is 0 Å². The molecule has 0 N–H and O–H groups in total. The fourth-order valence-electron chi connectivity index (χ4n) is 1.93. The third-order valence-electron chi connectivity index (χ3n) is 2.39. The van der Waals surface area contributed by atoms with Gasteiger partial charge in [0, 0.05) is 17.8 Å². The molecule has 0 fully saturated rings. The maximum Gasteiger partial charge on any atom is 0.0992 e. The lowest BCUT2D eigenvalue weighted by Crippen LogP contribution is -2.36. The topological polar surface area (TPSA) is 27.0 Å². The SMILES string of the molecule is CC(C)N(c1cccc(C#N)c1)C(C)C. The molecule has 0 radical (unpaired) electrons. The van der Waals surface area contributed by atoms with Crippen LogP contribution in [0.4, 0.5) is 5.69 Å². The Bertz CT molecular complexity index is 353. The highest BCUT2D eigenvalue weighted by atomic mass is 15.2. The molecule has 0 aromatic heterocycles. The molecule has 0 unspecified atom stereocenters. The summed E-state index contributed by atoms with van der Waals surface area (Å²) in [6.45, 7) is 8.66. The van der Waals surface area contributed by atoms with Crippen molar-refractivity contribution in [2.45, 2.75) is 39.8 Å². The minimum absolute atomic E-state index is 0.443. The van der Waals surface area contributed by atoms with Gasteiger partial charge in [-0.3, -0.25) is 0 Å². The first kappa shape index (κ1) is 11.6. The summed E-state index contributed by atoms with van der Waals surface area (Å²) in [6, 6.07) is 10.8. The van der Waals surface area contributed by atoms with Gasteiger partial charge in [-0.1, -0.05) is 6.07 Å². The standard InChI is InChI=1S/C13H18N2/c1-10(2)15(11(3)4)13-7-5-6-12(8-13)9-14/h5-8,10-11H,1-4H3. The first-order valence-corrected chi connectivity index (χ1v) is 5.34. The average molecular weight is 202 g/mol. The molecule has 0 saturated carbocycles. The van der Waals surface area contributed by atoms with Crippen molar-refractivity contribution in [3.05, 3.63) is 29.8 Å². The van der Waals surface area contributed by atoms with Crippen molar-refractivity contribution in [1.82, 2.24) is 0 Å². The lowest BCUT2D eigenvalue weighted by Gasteiger charge is -2.33. The Morgan fingerprint density at radius 3 is 2.20 bits per heavy atom. The minimum atomic E-state index is 0.443. The highest BCUT2D eigenvalue weighted by Gasteiger charge is 2.13. The molecule has 0 aliphatic rings. The van der Waals surface area contributed by atoms with E-state index in [1.807, 2.05) is 18.2 Å². The van der Waals surface area contributed by atoms with E-state index in [-0.39, 0.29) is 0 Å². The lowest BCUT2D eigenvalue weighted by atomic mass is 10.1. The summed E-state index contributed by atoms with van der Waals surface area (Å²) in [5.41, 5.74) is 1.85. The van der Waals surface area contributed by atoms with Crippen LogP contribution in [0.1, 0.15) is 33.3 Å². The van der Waals surface area contributed by atoms with E-state index in [2.05, 4.69) is 44.7 Å². The third-order valence-corrected chi connectivity index (χ3v) is 2.39. The van der Waals surface area contributed by atoms with Gasteiger partial charge in [0.1, 0.15) is 0 Å². The van der Waals surface area contributed by atoms with Crippen LogP contribution in [0.3, 0.4) is 0 Å². The first-order chi connectivity index (χ1) is 7.06. The molecule has 0 atom stereocenters. The fraction of sp³-hybridized carbons (Fsp3) is 0.462. The van der Waals surface area contributed by atoms with Crippen molar-refractivity contribution in [1.29, 1.82) is 5.26 Å². The largest absolute Gasteiger partial charge is 0.367 e. The Kier molecular flexibility index (Phi) is 3.74.